The van der Waals surface area contributed by atoms with E-state index in [2.05, 4.69) is 74.5 Å². The third-order valence-electron chi connectivity index (χ3n) is 5.33. The second-order valence-electron chi connectivity index (χ2n) is 6.70. The van der Waals surface area contributed by atoms with Gasteiger partial charge in [-0.15, -0.1) is 0 Å². The Morgan fingerprint density at radius 3 is 2.23 bits per heavy atom. The van der Waals surface area contributed by atoms with Gasteiger partial charge in [0.05, 0.1) is 0 Å². The lowest BCUT2D eigenvalue weighted by molar-refractivity contribution is 0.777. The molecule has 0 bridgehead atoms. The van der Waals surface area contributed by atoms with E-state index >= 15 is 0 Å². The fourth-order valence-corrected chi connectivity index (χ4v) is 7.90. The number of hydrogen-bond donors (Lipinski definition) is 0. The lowest BCUT2D eigenvalue weighted by atomic mass is 9.96. The Labute approximate surface area is 135 Å². The molecule has 0 saturated carbocycles. The average Bonchev–Trinajstić information content (AvgIpc) is 2.80. The smallest absolute Gasteiger partial charge is 0.0235 e. The molecule has 2 aromatic carbocycles. The van der Waals surface area contributed by atoms with Crippen molar-refractivity contribution in [3.8, 4) is 11.1 Å². The van der Waals surface area contributed by atoms with Crippen molar-refractivity contribution >= 4 is 14.0 Å². The van der Waals surface area contributed by atoms with Crippen LogP contribution in [-0.4, -0.2) is 11.3 Å². The van der Waals surface area contributed by atoms with Crippen molar-refractivity contribution < 1.29 is 0 Å². The van der Waals surface area contributed by atoms with Gasteiger partial charge >= 0.3 is 0 Å². The van der Waals surface area contributed by atoms with Gasteiger partial charge in [-0.25, -0.2) is 0 Å². The Morgan fingerprint density at radius 2 is 1.45 bits per heavy atom. The normalized spacial score (nSPS) is 27.3. The molecule has 0 amide bonds. The topological polar surface area (TPSA) is 0 Å². The summed E-state index contributed by atoms with van der Waals surface area (Å²) in [5, 5.41) is 0. The van der Waals surface area contributed by atoms with Gasteiger partial charge in [0.25, 0.3) is 0 Å². The van der Waals surface area contributed by atoms with Crippen LogP contribution in [0.4, 0.5) is 0 Å². The molecule has 22 heavy (non-hydrogen) atoms. The quantitative estimate of drug-likeness (QED) is 0.529. The molecule has 3 atom stereocenters. The Kier molecular flexibility index (Phi) is 3.66. The van der Waals surface area contributed by atoms with E-state index in [0.29, 0.717) is 5.66 Å². The van der Waals surface area contributed by atoms with Crippen LogP contribution >= 0.6 is 7.92 Å². The second-order valence-corrected chi connectivity index (χ2v) is 9.91. The summed E-state index contributed by atoms with van der Waals surface area (Å²) in [6.07, 6.45) is 7.70. The highest BCUT2D eigenvalue weighted by atomic mass is 31.1. The monoisotopic (exact) mass is 306 g/mol. The van der Waals surface area contributed by atoms with E-state index in [9.17, 15) is 0 Å². The Hall–Kier alpha value is -1.39. The molecular weight excluding hydrogens is 283 g/mol. The molecule has 1 aliphatic carbocycles. The predicted molar refractivity (Wildman–Crippen MR) is 98.7 cm³/mol. The summed E-state index contributed by atoms with van der Waals surface area (Å²) in [5.74, 6) is 0. The van der Waals surface area contributed by atoms with Gasteiger partial charge in [0.2, 0.25) is 0 Å². The Bertz CT molecular complexity index is 705. The highest BCUT2D eigenvalue weighted by Gasteiger charge is 2.36. The molecule has 1 aliphatic heterocycles. The molecule has 0 radical (unpaired) electrons. The minimum Gasteiger partial charge on any atom is -0.0892 e. The molecule has 0 N–H and O–H groups in total. The van der Waals surface area contributed by atoms with Crippen LogP contribution in [0.25, 0.3) is 17.2 Å². The number of hydrogen-bond acceptors (Lipinski definition) is 0. The molecule has 1 heteroatoms. The summed E-state index contributed by atoms with van der Waals surface area (Å²) >= 11 is 0. The van der Waals surface area contributed by atoms with Crippen molar-refractivity contribution in [1.82, 2.24) is 0 Å². The number of benzene rings is 2. The molecule has 1 heterocycles. The molecule has 4 rings (SSSR count). The Morgan fingerprint density at radius 1 is 0.818 bits per heavy atom. The molecule has 2 aromatic rings. The molecular formula is C21H23P. The van der Waals surface area contributed by atoms with Gasteiger partial charge in [-0.3, -0.25) is 0 Å². The summed E-state index contributed by atoms with van der Waals surface area (Å²) in [6.45, 7) is 4.95. The maximum atomic E-state index is 2.51. The predicted octanol–water partition coefficient (Wildman–Crippen LogP) is 6.47. The first kappa shape index (κ1) is 14.2. The highest BCUT2D eigenvalue weighted by molar-refractivity contribution is 7.60. The fraction of sp³-hybridized carbons (Fsp3) is 0.333. The third-order valence-corrected chi connectivity index (χ3v) is 8.97. The fourth-order valence-electron chi connectivity index (χ4n) is 4.21. The van der Waals surface area contributed by atoms with Gasteiger partial charge in [0.1, 0.15) is 0 Å². The van der Waals surface area contributed by atoms with Crippen LogP contribution in [0.3, 0.4) is 0 Å². The van der Waals surface area contributed by atoms with Gasteiger partial charge in [-0.1, -0.05) is 82.5 Å². The van der Waals surface area contributed by atoms with Crippen LogP contribution in [0.5, 0.6) is 0 Å². The van der Waals surface area contributed by atoms with Crippen molar-refractivity contribution in [2.24, 2.45) is 0 Å². The molecule has 1 saturated heterocycles. The van der Waals surface area contributed by atoms with Crippen molar-refractivity contribution in [2.45, 2.75) is 43.7 Å². The molecule has 1 fully saturated rings. The van der Waals surface area contributed by atoms with Crippen LogP contribution in [0, 0.1) is 0 Å². The first-order chi connectivity index (χ1) is 10.8. The van der Waals surface area contributed by atoms with E-state index in [1.54, 1.807) is 5.56 Å². The van der Waals surface area contributed by atoms with Crippen LogP contribution in [0.15, 0.2) is 54.6 Å². The van der Waals surface area contributed by atoms with Gasteiger partial charge in [-0.2, -0.15) is 0 Å². The van der Waals surface area contributed by atoms with E-state index in [0.717, 1.165) is 11.3 Å². The summed E-state index contributed by atoms with van der Waals surface area (Å²) in [6, 6.07) is 17.9. The van der Waals surface area contributed by atoms with E-state index < -0.39 is 0 Å². The number of fused-ring (bicyclic) bond motifs is 3. The van der Waals surface area contributed by atoms with Crippen molar-refractivity contribution in [2.75, 3.05) is 0 Å². The van der Waals surface area contributed by atoms with E-state index in [1.807, 2.05) is 0 Å². The SMILES string of the molecule is C[C@H]1CC[C@H](C)P1C1C=Cc2ccccc2-c2ccccc21. The largest absolute Gasteiger partial charge is 0.0892 e. The van der Waals surface area contributed by atoms with Gasteiger partial charge in [-0.05, 0) is 46.4 Å². The molecule has 0 aromatic heterocycles. The van der Waals surface area contributed by atoms with Gasteiger partial charge < -0.3 is 0 Å². The lowest BCUT2D eigenvalue weighted by Gasteiger charge is -2.30. The Balaban J connectivity index is 1.89. The molecule has 0 nitrogen and oxygen atoms in total. The lowest BCUT2D eigenvalue weighted by Crippen LogP contribution is -2.05. The highest BCUT2D eigenvalue weighted by Crippen LogP contribution is 2.66. The van der Waals surface area contributed by atoms with Crippen LogP contribution < -0.4 is 0 Å². The molecule has 0 spiro atoms. The third kappa shape index (κ3) is 2.25. The van der Waals surface area contributed by atoms with E-state index in [4.69, 9.17) is 0 Å². The van der Waals surface area contributed by atoms with Gasteiger partial charge in [0.15, 0.2) is 0 Å². The zero-order valence-electron chi connectivity index (χ0n) is 13.4. The first-order valence-corrected chi connectivity index (χ1v) is 9.94. The summed E-state index contributed by atoms with van der Waals surface area (Å²) in [7, 11) is 0.0213. The average molecular weight is 306 g/mol. The number of rotatable bonds is 1. The first-order valence-electron chi connectivity index (χ1n) is 8.39. The maximum absolute atomic E-state index is 2.51. The minimum atomic E-state index is 0.0213. The molecule has 2 aliphatic rings. The van der Waals surface area contributed by atoms with Crippen molar-refractivity contribution in [1.29, 1.82) is 0 Å². The summed E-state index contributed by atoms with van der Waals surface area (Å²) in [4.78, 5) is 0. The molecule has 1 unspecified atom stereocenters. The second kappa shape index (κ2) is 5.67. The van der Waals surface area contributed by atoms with Gasteiger partial charge in [0, 0.05) is 5.66 Å². The summed E-state index contributed by atoms with van der Waals surface area (Å²) < 4.78 is 0. The summed E-state index contributed by atoms with van der Waals surface area (Å²) in [5.41, 5.74) is 8.14. The van der Waals surface area contributed by atoms with Crippen molar-refractivity contribution in [3.05, 3.63) is 65.7 Å². The van der Waals surface area contributed by atoms with Crippen LogP contribution in [0.2, 0.25) is 0 Å². The van der Waals surface area contributed by atoms with E-state index in [-0.39, 0.29) is 7.92 Å². The molecule has 112 valence electrons. The zero-order chi connectivity index (χ0) is 15.1. The van der Waals surface area contributed by atoms with Crippen LogP contribution in [0.1, 0.15) is 43.5 Å². The zero-order valence-corrected chi connectivity index (χ0v) is 14.3. The maximum Gasteiger partial charge on any atom is 0.0235 e. The van der Waals surface area contributed by atoms with Crippen LogP contribution in [-0.2, 0) is 0 Å². The minimum absolute atomic E-state index is 0.0213. The van der Waals surface area contributed by atoms with Crippen molar-refractivity contribution in [3.63, 3.8) is 0 Å². The standard InChI is InChI=1S/C21H23P/c1-15-11-12-16(2)22(15)21-14-13-17-7-3-4-8-18(17)19-9-5-6-10-20(19)21/h3-10,13-16,21H,11-12H2,1-2H3/t15-,16-,21?/m0/s1. The van der Waals surface area contributed by atoms with E-state index in [1.165, 1.54) is 29.5 Å². The number of allylic oxidation sites excluding steroid dienone is 1.